The Labute approximate surface area is 162 Å². The minimum absolute atomic E-state index is 0. The largest absolute Gasteiger partial charge is 0.381 e. The second kappa shape index (κ2) is 8.03. The fourth-order valence-electron chi connectivity index (χ4n) is 3.71. The van der Waals surface area contributed by atoms with Crippen molar-refractivity contribution >= 4 is 29.9 Å². The first-order valence-electron chi connectivity index (χ1n) is 8.65. The number of nitrogens with zero attached hydrogens (tertiary/aromatic N) is 4. The first-order chi connectivity index (χ1) is 11.0. The summed E-state index contributed by atoms with van der Waals surface area (Å²) >= 11 is 0. The van der Waals surface area contributed by atoms with Crippen LogP contribution in [0.3, 0.4) is 0 Å². The van der Waals surface area contributed by atoms with Gasteiger partial charge in [-0.2, -0.15) is 5.10 Å². The summed E-state index contributed by atoms with van der Waals surface area (Å²) in [4.78, 5) is 7.29. The molecular formula is C17H30IN5O. The predicted molar refractivity (Wildman–Crippen MR) is 107 cm³/mol. The van der Waals surface area contributed by atoms with Crippen LogP contribution in [0.5, 0.6) is 0 Å². The van der Waals surface area contributed by atoms with Crippen molar-refractivity contribution in [3.63, 3.8) is 0 Å². The lowest BCUT2D eigenvalue weighted by atomic mass is 9.87. The first-order valence-corrected chi connectivity index (χ1v) is 8.65. The number of nitrogens with one attached hydrogen (secondary N) is 1. The summed E-state index contributed by atoms with van der Waals surface area (Å²) in [6.07, 6.45) is 2.39. The van der Waals surface area contributed by atoms with Gasteiger partial charge in [-0.05, 0) is 33.6 Å². The van der Waals surface area contributed by atoms with E-state index in [0.29, 0.717) is 12.0 Å². The number of halogens is 1. The third-order valence-corrected chi connectivity index (χ3v) is 5.30. The fraction of sp³-hybridized carbons (Fsp3) is 0.765. The molecule has 3 rings (SSSR count). The molecule has 0 bridgehead atoms. The van der Waals surface area contributed by atoms with Crippen LogP contribution in [0.25, 0.3) is 0 Å². The van der Waals surface area contributed by atoms with Gasteiger partial charge in [-0.25, -0.2) is 4.99 Å². The van der Waals surface area contributed by atoms with Crippen molar-refractivity contribution < 1.29 is 4.74 Å². The number of hydrogen-bond donors (Lipinski definition) is 1. The van der Waals surface area contributed by atoms with E-state index in [0.717, 1.165) is 44.5 Å². The average molecular weight is 447 g/mol. The summed E-state index contributed by atoms with van der Waals surface area (Å²) in [6, 6.07) is 0. The molecule has 6 nitrogen and oxygen atoms in total. The molecule has 2 aliphatic rings. The van der Waals surface area contributed by atoms with Crippen LogP contribution in [-0.2, 0) is 18.3 Å². The Bertz CT molecular complexity index is 592. The van der Waals surface area contributed by atoms with Gasteiger partial charge in [0.05, 0.1) is 18.8 Å². The summed E-state index contributed by atoms with van der Waals surface area (Å²) < 4.78 is 7.57. The number of guanidine groups is 1. The van der Waals surface area contributed by atoms with E-state index < -0.39 is 0 Å². The summed E-state index contributed by atoms with van der Waals surface area (Å²) in [5.41, 5.74) is 3.87. The molecule has 0 radical (unpaired) electrons. The molecule has 0 amide bonds. The lowest BCUT2D eigenvalue weighted by molar-refractivity contribution is 0.156. The van der Waals surface area contributed by atoms with Crippen LogP contribution in [0.15, 0.2) is 4.99 Å². The molecule has 2 saturated heterocycles. The molecule has 0 saturated carbocycles. The van der Waals surface area contributed by atoms with Crippen molar-refractivity contribution in [3.8, 4) is 0 Å². The highest BCUT2D eigenvalue weighted by atomic mass is 127. The molecule has 1 unspecified atom stereocenters. The maximum atomic E-state index is 5.64. The van der Waals surface area contributed by atoms with Crippen LogP contribution >= 0.6 is 24.0 Å². The molecule has 0 aliphatic carbocycles. The van der Waals surface area contributed by atoms with Gasteiger partial charge in [-0.1, -0.05) is 0 Å². The molecular weight excluding hydrogens is 417 g/mol. The molecule has 0 aromatic carbocycles. The topological polar surface area (TPSA) is 54.7 Å². The number of aryl methyl sites for hydroxylation is 2. The number of ether oxygens (including phenoxy) is 1. The third kappa shape index (κ3) is 3.87. The van der Waals surface area contributed by atoms with Gasteiger partial charge in [0.15, 0.2) is 5.96 Å². The highest BCUT2D eigenvalue weighted by molar-refractivity contribution is 14.0. The highest BCUT2D eigenvalue weighted by Gasteiger charge is 2.42. The van der Waals surface area contributed by atoms with Gasteiger partial charge in [-0.15, -0.1) is 24.0 Å². The Morgan fingerprint density at radius 3 is 2.75 bits per heavy atom. The van der Waals surface area contributed by atoms with E-state index in [-0.39, 0.29) is 24.0 Å². The highest BCUT2D eigenvalue weighted by Crippen LogP contribution is 2.38. The zero-order valence-corrected chi connectivity index (χ0v) is 17.6. The van der Waals surface area contributed by atoms with Crippen molar-refractivity contribution in [2.24, 2.45) is 17.5 Å². The van der Waals surface area contributed by atoms with Crippen molar-refractivity contribution in [3.05, 3.63) is 17.0 Å². The van der Waals surface area contributed by atoms with E-state index in [1.807, 2.05) is 11.7 Å². The lowest BCUT2D eigenvalue weighted by Crippen LogP contribution is -2.41. The van der Waals surface area contributed by atoms with Gasteiger partial charge >= 0.3 is 0 Å². The van der Waals surface area contributed by atoms with E-state index in [9.17, 15) is 0 Å². The van der Waals surface area contributed by atoms with Crippen LogP contribution in [0.2, 0.25) is 0 Å². The standard InChI is InChI=1S/C17H29N5O.HI/c1-5-18-16(19-10-15-13(2)20-21(4)14(15)3)22-8-6-17(11-22)7-9-23-12-17;/h5-12H2,1-4H3,(H,18,19);1H. The van der Waals surface area contributed by atoms with E-state index in [4.69, 9.17) is 9.73 Å². The molecule has 1 N–H and O–H groups in total. The zero-order chi connectivity index (χ0) is 16.4. The Hall–Kier alpha value is -0.830. The van der Waals surface area contributed by atoms with Gasteiger partial charge in [0.2, 0.25) is 0 Å². The molecule has 7 heteroatoms. The SMILES string of the molecule is CCNC(=NCc1c(C)nn(C)c1C)N1CCC2(CCOC2)C1.I. The second-order valence-corrected chi connectivity index (χ2v) is 6.92. The van der Waals surface area contributed by atoms with E-state index >= 15 is 0 Å². The molecule has 1 aromatic rings. The Morgan fingerprint density at radius 1 is 1.38 bits per heavy atom. The van der Waals surface area contributed by atoms with Crippen LogP contribution in [0.4, 0.5) is 0 Å². The maximum absolute atomic E-state index is 5.64. The first kappa shape index (κ1) is 19.5. The van der Waals surface area contributed by atoms with Gasteiger partial charge in [0, 0.05) is 50.0 Å². The Kier molecular flexibility index (Phi) is 6.52. The van der Waals surface area contributed by atoms with E-state index in [2.05, 4.69) is 36.1 Å². The Balaban J connectivity index is 0.00000208. The lowest BCUT2D eigenvalue weighted by Gasteiger charge is -2.25. The average Bonchev–Trinajstić information content (AvgIpc) is 3.21. The van der Waals surface area contributed by atoms with Crippen LogP contribution in [0.1, 0.15) is 36.7 Å². The van der Waals surface area contributed by atoms with Crippen molar-refractivity contribution in [1.29, 1.82) is 0 Å². The van der Waals surface area contributed by atoms with Crippen molar-refractivity contribution in [2.45, 2.75) is 40.2 Å². The summed E-state index contributed by atoms with van der Waals surface area (Å²) in [7, 11) is 1.99. The van der Waals surface area contributed by atoms with Crippen molar-refractivity contribution in [2.75, 3.05) is 32.8 Å². The van der Waals surface area contributed by atoms with Crippen LogP contribution < -0.4 is 5.32 Å². The summed E-state index contributed by atoms with van der Waals surface area (Å²) in [6.45, 7) is 11.8. The van der Waals surface area contributed by atoms with Gasteiger partial charge < -0.3 is 15.0 Å². The zero-order valence-electron chi connectivity index (χ0n) is 15.3. The Morgan fingerprint density at radius 2 is 2.17 bits per heavy atom. The number of aliphatic imine (C=N–C) groups is 1. The number of rotatable bonds is 3. The predicted octanol–water partition coefficient (Wildman–Crippen LogP) is 2.23. The minimum Gasteiger partial charge on any atom is -0.381 e. The molecule has 2 aliphatic heterocycles. The number of likely N-dealkylation sites (tertiary alicyclic amines) is 1. The van der Waals surface area contributed by atoms with E-state index in [1.165, 1.54) is 24.1 Å². The van der Waals surface area contributed by atoms with Gasteiger partial charge in [-0.3, -0.25) is 4.68 Å². The second-order valence-electron chi connectivity index (χ2n) is 6.92. The number of hydrogen-bond acceptors (Lipinski definition) is 3. The van der Waals surface area contributed by atoms with Crippen LogP contribution in [0, 0.1) is 19.3 Å². The van der Waals surface area contributed by atoms with E-state index in [1.54, 1.807) is 0 Å². The molecule has 2 fully saturated rings. The normalized spacial score (nSPS) is 23.8. The molecule has 1 atom stereocenters. The van der Waals surface area contributed by atoms with Crippen LogP contribution in [-0.4, -0.2) is 53.5 Å². The summed E-state index contributed by atoms with van der Waals surface area (Å²) in [5.74, 6) is 1.03. The molecule has 3 heterocycles. The molecule has 1 aromatic heterocycles. The number of aromatic nitrogens is 2. The quantitative estimate of drug-likeness (QED) is 0.439. The minimum atomic E-state index is 0. The molecule has 136 valence electrons. The molecule has 1 spiro atoms. The third-order valence-electron chi connectivity index (χ3n) is 5.30. The molecule has 24 heavy (non-hydrogen) atoms. The summed E-state index contributed by atoms with van der Waals surface area (Å²) in [5, 5.41) is 7.94. The monoisotopic (exact) mass is 447 g/mol. The van der Waals surface area contributed by atoms with Gasteiger partial charge in [0.1, 0.15) is 0 Å². The fourth-order valence-corrected chi connectivity index (χ4v) is 3.71. The smallest absolute Gasteiger partial charge is 0.194 e. The van der Waals surface area contributed by atoms with Crippen molar-refractivity contribution in [1.82, 2.24) is 20.0 Å². The van der Waals surface area contributed by atoms with Gasteiger partial charge in [0.25, 0.3) is 0 Å². The maximum Gasteiger partial charge on any atom is 0.194 e.